The van der Waals surface area contributed by atoms with Crippen LogP contribution in [-0.2, 0) is 27.1 Å². The van der Waals surface area contributed by atoms with E-state index < -0.39 is 35.1 Å². The minimum atomic E-state index is -4.69. The van der Waals surface area contributed by atoms with Crippen molar-refractivity contribution < 1.29 is 32.3 Å². The van der Waals surface area contributed by atoms with Crippen molar-refractivity contribution in [1.29, 1.82) is 0 Å². The molecule has 2 aliphatic rings. The Bertz CT molecular complexity index is 781. The molecule has 2 fully saturated rings. The highest BCUT2D eigenvalue weighted by Crippen LogP contribution is 2.41. The first kappa shape index (κ1) is 19.4. The molecule has 0 aromatic carbocycles. The Hall–Kier alpha value is -2.35. The second-order valence-corrected chi connectivity index (χ2v) is 6.80. The van der Waals surface area contributed by atoms with Crippen LogP contribution in [0.5, 0.6) is 0 Å². The van der Waals surface area contributed by atoms with Gasteiger partial charge in [0.1, 0.15) is 11.6 Å². The third kappa shape index (κ3) is 3.71. The van der Waals surface area contributed by atoms with Crippen LogP contribution >= 0.6 is 0 Å². The predicted octanol–water partition coefficient (Wildman–Crippen LogP) is 3.17. The highest BCUT2D eigenvalue weighted by molar-refractivity contribution is 6.26. The molecule has 8 heteroatoms. The van der Waals surface area contributed by atoms with Crippen LogP contribution in [0.1, 0.15) is 41.0 Å². The number of hydrogen-bond donors (Lipinski definition) is 0. The van der Waals surface area contributed by atoms with Crippen LogP contribution in [0, 0.1) is 17.8 Å². The van der Waals surface area contributed by atoms with Crippen molar-refractivity contribution in [3.8, 4) is 0 Å². The van der Waals surface area contributed by atoms with Gasteiger partial charge in [0.25, 0.3) is 0 Å². The lowest BCUT2D eigenvalue weighted by Gasteiger charge is -2.25. The smallest absolute Gasteiger partial charge is 0.371 e. The number of aromatic nitrogens is 1. The van der Waals surface area contributed by atoms with E-state index in [1.807, 2.05) is 0 Å². The molecule has 0 amide bonds. The summed E-state index contributed by atoms with van der Waals surface area (Å²) in [5.41, 5.74) is -1.59. The molecule has 1 aromatic heterocycles. The number of carbonyl (C=O) groups is 3. The monoisotopic (exact) mass is 381 g/mol. The summed E-state index contributed by atoms with van der Waals surface area (Å²) in [4.78, 5) is 41.5. The molecule has 0 radical (unpaired) electrons. The van der Waals surface area contributed by atoms with Crippen molar-refractivity contribution in [1.82, 2.24) is 4.98 Å². The van der Waals surface area contributed by atoms with Gasteiger partial charge in [-0.25, -0.2) is 4.98 Å². The van der Waals surface area contributed by atoms with Gasteiger partial charge in [0.15, 0.2) is 17.3 Å². The molecule has 5 nitrogen and oxygen atoms in total. The van der Waals surface area contributed by atoms with Crippen LogP contribution in [0.4, 0.5) is 13.2 Å². The zero-order valence-corrected chi connectivity index (χ0v) is 14.4. The highest BCUT2D eigenvalue weighted by atomic mass is 19.4. The lowest BCUT2D eigenvalue weighted by atomic mass is 9.75. The minimum absolute atomic E-state index is 0.0526. The predicted molar refractivity (Wildman–Crippen MR) is 87.8 cm³/mol. The second kappa shape index (κ2) is 7.34. The molecule has 0 saturated heterocycles. The van der Waals surface area contributed by atoms with Crippen molar-refractivity contribution in [2.24, 2.45) is 17.8 Å². The van der Waals surface area contributed by atoms with E-state index in [-0.39, 0.29) is 36.3 Å². The van der Waals surface area contributed by atoms with Crippen molar-refractivity contribution in [3.63, 3.8) is 0 Å². The number of hydrogen-bond acceptors (Lipinski definition) is 5. The van der Waals surface area contributed by atoms with Gasteiger partial charge in [-0.05, 0) is 31.4 Å². The fraction of sp³-hybridized carbons (Fsp3) is 0.474. The number of halogens is 3. The number of ketones is 3. The summed E-state index contributed by atoms with van der Waals surface area (Å²) < 4.78 is 44.1. The van der Waals surface area contributed by atoms with E-state index in [0.717, 1.165) is 6.07 Å². The molecule has 2 unspecified atom stereocenters. The van der Waals surface area contributed by atoms with E-state index in [2.05, 4.69) is 11.6 Å². The van der Waals surface area contributed by atoms with Gasteiger partial charge in [-0.1, -0.05) is 6.08 Å². The molecule has 3 rings (SSSR count). The summed E-state index contributed by atoms with van der Waals surface area (Å²) in [6.07, 6.45) is -1.69. The lowest BCUT2D eigenvalue weighted by molar-refractivity contribution is -0.141. The van der Waals surface area contributed by atoms with Gasteiger partial charge < -0.3 is 4.74 Å². The maximum absolute atomic E-state index is 13.0. The van der Waals surface area contributed by atoms with E-state index in [1.165, 1.54) is 6.08 Å². The molecular formula is C19H18F3NO4. The van der Waals surface area contributed by atoms with Gasteiger partial charge in [0.2, 0.25) is 0 Å². The molecule has 144 valence electrons. The molecule has 1 heterocycles. The first-order valence-corrected chi connectivity index (χ1v) is 8.61. The fourth-order valence-corrected chi connectivity index (χ4v) is 3.76. The quantitative estimate of drug-likeness (QED) is 0.328. The van der Waals surface area contributed by atoms with Gasteiger partial charge in [-0.3, -0.25) is 14.4 Å². The van der Waals surface area contributed by atoms with Gasteiger partial charge in [-0.15, -0.1) is 6.58 Å². The maximum Gasteiger partial charge on any atom is 0.433 e. The number of fused-ring (bicyclic) bond motifs is 2. The van der Waals surface area contributed by atoms with Crippen molar-refractivity contribution in [2.75, 3.05) is 6.61 Å². The Morgan fingerprint density at radius 3 is 2.41 bits per heavy atom. The largest absolute Gasteiger partial charge is 0.433 e. The van der Waals surface area contributed by atoms with Crippen LogP contribution < -0.4 is 0 Å². The number of rotatable bonds is 6. The van der Waals surface area contributed by atoms with E-state index >= 15 is 0 Å². The molecule has 0 N–H and O–H groups in total. The van der Waals surface area contributed by atoms with Crippen LogP contribution in [0.15, 0.2) is 24.8 Å². The summed E-state index contributed by atoms with van der Waals surface area (Å²) in [5.74, 6) is -3.77. The van der Waals surface area contributed by atoms with Crippen LogP contribution in [0.2, 0.25) is 0 Å². The second-order valence-electron chi connectivity index (χ2n) is 6.80. The van der Waals surface area contributed by atoms with Gasteiger partial charge in [0.05, 0.1) is 18.9 Å². The minimum Gasteiger partial charge on any atom is -0.371 e. The van der Waals surface area contributed by atoms with Crippen LogP contribution in [0.25, 0.3) is 0 Å². The molecule has 0 aliphatic heterocycles. The van der Waals surface area contributed by atoms with Gasteiger partial charge in [-0.2, -0.15) is 13.2 Å². The summed E-state index contributed by atoms with van der Waals surface area (Å²) in [7, 11) is 0. The maximum atomic E-state index is 13.0. The Morgan fingerprint density at radius 1 is 1.22 bits per heavy atom. The molecule has 27 heavy (non-hydrogen) atoms. The zero-order valence-electron chi connectivity index (χ0n) is 14.4. The normalized spacial score (nSPS) is 24.9. The van der Waals surface area contributed by atoms with E-state index in [9.17, 15) is 27.6 Å². The topological polar surface area (TPSA) is 73.3 Å². The summed E-state index contributed by atoms with van der Waals surface area (Å²) in [6.45, 7) is 3.13. The Morgan fingerprint density at radius 2 is 1.85 bits per heavy atom. The number of alkyl halides is 3. The standard InChI is InChI=1S/C19H18F3NO4/c1-2-7-27-9-13-12(5-6-14(23-13)19(20,21)22)18(26)15-16(24)10-3-4-11(8-10)17(15)25/h2,5-6,10-11,15H,1,3-4,7-9H2. The van der Waals surface area contributed by atoms with E-state index in [0.29, 0.717) is 25.3 Å². The number of pyridine rings is 1. The van der Waals surface area contributed by atoms with E-state index in [4.69, 9.17) is 4.74 Å². The van der Waals surface area contributed by atoms with Crippen molar-refractivity contribution in [2.45, 2.75) is 32.0 Å². The lowest BCUT2D eigenvalue weighted by Crippen LogP contribution is -2.42. The Kier molecular flexibility index (Phi) is 5.28. The molecule has 2 bridgehead atoms. The summed E-state index contributed by atoms with van der Waals surface area (Å²) >= 11 is 0. The molecule has 0 spiro atoms. The first-order valence-electron chi connectivity index (χ1n) is 8.61. The average molecular weight is 381 g/mol. The van der Waals surface area contributed by atoms with Crippen molar-refractivity contribution in [3.05, 3.63) is 41.7 Å². The average Bonchev–Trinajstić information content (AvgIpc) is 3.07. The Balaban J connectivity index is 1.96. The van der Waals surface area contributed by atoms with Gasteiger partial charge in [0, 0.05) is 17.4 Å². The number of nitrogens with zero attached hydrogens (tertiary/aromatic N) is 1. The molecule has 2 saturated carbocycles. The van der Waals surface area contributed by atoms with Gasteiger partial charge >= 0.3 is 6.18 Å². The number of carbonyl (C=O) groups excluding carboxylic acids is 3. The molecule has 1 aromatic rings. The summed E-state index contributed by atoms with van der Waals surface area (Å²) in [6, 6.07) is 1.65. The van der Waals surface area contributed by atoms with Crippen LogP contribution in [0.3, 0.4) is 0 Å². The summed E-state index contributed by atoms with van der Waals surface area (Å²) in [5, 5.41) is 0. The number of Topliss-reactive ketones (excluding diaryl/α,β-unsaturated/α-hetero) is 3. The van der Waals surface area contributed by atoms with E-state index in [1.54, 1.807) is 0 Å². The third-order valence-electron chi connectivity index (χ3n) is 5.07. The molecule has 2 atom stereocenters. The first-order chi connectivity index (χ1) is 12.7. The van der Waals surface area contributed by atoms with Crippen LogP contribution in [-0.4, -0.2) is 28.9 Å². The molecular weight excluding hydrogens is 363 g/mol. The zero-order chi connectivity index (χ0) is 19.8. The molecule has 2 aliphatic carbocycles. The third-order valence-corrected chi connectivity index (χ3v) is 5.07. The number of ether oxygens (including phenoxy) is 1. The SMILES string of the molecule is C=CCOCc1nc(C(F)(F)F)ccc1C(=O)C1C(=O)C2CCC(C2)C1=O. The highest BCUT2D eigenvalue weighted by Gasteiger charge is 2.50. The van der Waals surface area contributed by atoms with Crippen molar-refractivity contribution >= 4 is 17.3 Å². The fourth-order valence-electron chi connectivity index (χ4n) is 3.76. The Labute approximate surface area is 153 Å².